The summed E-state index contributed by atoms with van der Waals surface area (Å²) in [5, 5.41) is 0. The Morgan fingerprint density at radius 2 is 1.50 bits per heavy atom. The van der Waals surface area contributed by atoms with Gasteiger partial charge < -0.3 is 0 Å². The first-order valence-electron chi connectivity index (χ1n) is 6.02. The smallest absolute Gasteiger partial charge is 0.0348 e. The van der Waals surface area contributed by atoms with E-state index in [0.717, 1.165) is 12.8 Å². The molecule has 0 spiro atoms. The van der Waals surface area contributed by atoms with Crippen LogP contribution in [0.4, 0.5) is 0 Å². The highest BCUT2D eigenvalue weighted by Crippen LogP contribution is 2.05. The quantitative estimate of drug-likeness (QED) is 0.354. The van der Waals surface area contributed by atoms with E-state index in [0.29, 0.717) is 0 Å². The Morgan fingerprint density at radius 3 is 2.14 bits per heavy atom. The molecule has 14 heavy (non-hydrogen) atoms. The van der Waals surface area contributed by atoms with Gasteiger partial charge in [0, 0.05) is 0 Å². The molecule has 0 aromatic heterocycles. The highest BCUT2D eigenvalue weighted by atomic mass is 13.9. The Bertz CT molecular complexity index is 142. The Balaban J connectivity index is 3.10. The molecule has 0 fully saturated rings. The van der Waals surface area contributed by atoms with Crippen LogP contribution < -0.4 is 0 Å². The molecule has 0 aliphatic carbocycles. The van der Waals surface area contributed by atoms with Gasteiger partial charge >= 0.3 is 0 Å². The lowest BCUT2D eigenvalue weighted by atomic mass is 10.1. The van der Waals surface area contributed by atoms with Crippen LogP contribution in [-0.4, -0.2) is 0 Å². The van der Waals surface area contributed by atoms with E-state index in [1.54, 1.807) is 0 Å². The van der Waals surface area contributed by atoms with E-state index in [4.69, 9.17) is 0 Å². The Morgan fingerprint density at radius 1 is 0.857 bits per heavy atom. The molecule has 81 valence electrons. The summed E-state index contributed by atoms with van der Waals surface area (Å²) < 4.78 is 0. The van der Waals surface area contributed by atoms with Gasteiger partial charge in [0.25, 0.3) is 0 Å². The average Bonchev–Trinajstić information content (AvgIpc) is 2.21. The molecule has 0 nitrogen and oxygen atoms in total. The number of unbranched alkanes of at least 4 members (excludes halogenated alkanes) is 6. The third-order valence-electron chi connectivity index (χ3n) is 2.23. The first-order chi connectivity index (χ1) is 6.91. The largest absolute Gasteiger partial charge is 0.0845 e. The SMILES string of the molecule is [CH2]CCC=CC=CCCCCCCC. The topological polar surface area (TPSA) is 0 Å². The van der Waals surface area contributed by atoms with E-state index in [1.165, 1.54) is 38.5 Å². The zero-order valence-electron chi connectivity index (χ0n) is 9.67. The van der Waals surface area contributed by atoms with E-state index in [1.807, 2.05) is 0 Å². The molecule has 0 atom stereocenters. The van der Waals surface area contributed by atoms with Crippen molar-refractivity contribution in [3.05, 3.63) is 31.2 Å². The molecule has 0 aliphatic rings. The summed E-state index contributed by atoms with van der Waals surface area (Å²) >= 11 is 0. The molecule has 0 N–H and O–H groups in total. The lowest BCUT2D eigenvalue weighted by Gasteiger charge is -1.95. The van der Waals surface area contributed by atoms with Crippen molar-refractivity contribution in [1.82, 2.24) is 0 Å². The summed E-state index contributed by atoms with van der Waals surface area (Å²) in [6, 6.07) is 0. The summed E-state index contributed by atoms with van der Waals surface area (Å²) in [5.74, 6) is 0. The van der Waals surface area contributed by atoms with Crippen molar-refractivity contribution in [2.45, 2.75) is 58.3 Å². The second kappa shape index (κ2) is 12.5. The highest BCUT2D eigenvalue weighted by Gasteiger charge is 1.85. The van der Waals surface area contributed by atoms with Gasteiger partial charge in [0.15, 0.2) is 0 Å². The van der Waals surface area contributed by atoms with E-state index in [9.17, 15) is 0 Å². The van der Waals surface area contributed by atoms with Gasteiger partial charge in [0.1, 0.15) is 0 Å². The molecular weight excluding hydrogens is 168 g/mol. The number of allylic oxidation sites excluding steroid dienone is 4. The van der Waals surface area contributed by atoms with E-state index in [2.05, 4.69) is 38.2 Å². The monoisotopic (exact) mass is 193 g/mol. The molecule has 0 saturated carbocycles. The molecule has 0 heterocycles. The standard InChI is InChI=1S/C14H25/c1-3-5-7-9-11-13-14-12-10-8-6-4-2/h7,9,11,13H,1,3-6,8,10,12,14H2,2H3. The molecule has 0 bridgehead atoms. The summed E-state index contributed by atoms with van der Waals surface area (Å²) in [7, 11) is 0. The van der Waals surface area contributed by atoms with Gasteiger partial charge in [-0.15, -0.1) is 0 Å². The van der Waals surface area contributed by atoms with Gasteiger partial charge in [-0.05, 0) is 25.7 Å². The van der Waals surface area contributed by atoms with Gasteiger partial charge in [-0.25, -0.2) is 0 Å². The van der Waals surface area contributed by atoms with Crippen molar-refractivity contribution in [3.8, 4) is 0 Å². The van der Waals surface area contributed by atoms with E-state index in [-0.39, 0.29) is 0 Å². The van der Waals surface area contributed by atoms with Gasteiger partial charge in [-0.2, -0.15) is 0 Å². The minimum absolute atomic E-state index is 1.00. The molecule has 0 saturated heterocycles. The van der Waals surface area contributed by atoms with Gasteiger partial charge in [0.05, 0.1) is 0 Å². The second-order valence-corrected chi connectivity index (χ2v) is 3.70. The zero-order chi connectivity index (χ0) is 10.5. The van der Waals surface area contributed by atoms with Crippen LogP contribution in [0, 0.1) is 6.92 Å². The van der Waals surface area contributed by atoms with Crippen LogP contribution in [0.15, 0.2) is 24.3 Å². The first kappa shape index (κ1) is 13.5. The molecule has 0 aromatic rings. The van der Waals surface area contributed by atoms with Crippen molar-refractivity contribution in [3.63, 3.8) is 0 Å². The van der Waals surface area contributed by atoms with Crippen LogP contribution in [0.3, 0.4) is 0 Å². The highest BCUT2D eigenvalue weighted by molar-refractivity contribution is 5.02. The Kier molecular flexibility index (Phi) is 12.0. The van der Waals surface area contributed by atoms with Gasteiger partial charge in [-0.3, -0.25) is 0 Å². The van der Waals surface area contributed by atoms with Crippen molar-refractivity contribution >= 4 is 0 Å². The maximum atomic E-state index is 3.79. The fourth-order valence-corrected chi connectivity index (χ4v) is 1.33. The summed E-state index contributed by atoms with van der Waals surface area (Å²) in [6.07, 6.45) is 19.0. The van der Waals surface area contributed by atoms with Crippen LogP contribution in [-0.2, 0) is 0 Å². The molecule has 0 amide bonds. The third kappa shape index (κ3) is 11.5. The lowest BCUT2D eigenvalue weighted by molar-refractivity contribution is 0.637. The maximum Gasteiger partial charge on any atom is -0.0348 e. The van der Waals surface area contributed by atoms with Crippen LogP contribution in [0.1, 0.15) is 58.3 Å². The number of hydrogen-bond donors (Lipinski definition) is 0. The normalized spacial score (nSPS) is 11.9. The van der Waals surface area contributed by atoms with Crippen LogP contribution in [0.5, 0.6) is 0 Å². The predicted molar refractivity (Wildman–Crippen MR) is 66.2 cm³/mol. The van der Waals surface area contributed by atoms with Crippen molar-refractivity contribution in [1.29, 1.82) is 0 Å². The minimum atomic E-state index is 1.00. The minimum Gasteiger partial charge on any atom is -0.0845 e. The Hall–Kier alpha value is -0.520. The summed E-state index contributed by atoms with van der Waals surface area (Å²) in [4.78, 5) is 0. The number of hydrogen-bond acceptors (Lipinski definition) is 0. The van der Waals surface area contributed by atoms with E-state index >= 15 is 0 Å². The average molecular weight is 193 g/mol. The van der Waals surface area contributed by atoms with Crippen LogP contribution in [0.2, 0.25) is 0 Å². The number of rotatable bonds is 9. The fraction of sp³-hybridized carbons (Fsp3) is 0.643. The van der Waals surface area contributed by atoms with Crippen molar-refractivity contribution in [2.75, 3.05) is 0 Å². The third-order valence-corrected chi connectivity index (χ3v) is 2.23. The molecule has 0 aromatic carbocycles. The van der Waals surface area contributed by atoms with Crippen molar-refractivity contribution in [2.24, 2.45) is 0 Å². The zero-order valence-corrected chi connectivity index (χ0v) is 9.67. The summed E-state index contributed by atoms with van der Waals surface area (Å²) in [5.41, 5.74) is 0. The van der Waals surface area contributed by atoms with Gasteiger partial charge in [0.2, 0.25) is 0 Å². The van der Waals surface area contributed by atoms with Crippen LogP contribution >= 0.6 is 0 Å². The predicted octanol–water partition coefficient (Wildman–Crippen LogP) is 5.07. The summed E-state index contributed by atoms with van der Waals surface area (Å²) in [6.45, 7) is 6.04. The van der Waals surface area contributed by atoms with E-state index < -0.39 is 0 Å². The molecular formula is C14H25. The molecule has 0 heteroatoms. The maximum absolute atomic E-state index is 3.79. The Labute approximate surface area is 90.1 Å². The second-order valence-electron chi connectivity index (χ2n) is 3.70. The lowest BCUT2D eigenvalue weighted by Crippen LogP contribution is -1.75. The first-order valence-corrected chi connectivity index (χ1v) is 6.02. The molecule has 0 aliphatic heterocycles. The molecule has 0 rings (SSSR count). The van der Waals surface area contributed by atoms with Gasteiger partial charge in [-0.1, -0.05) is 63.8 Å². The molecule has 0 unspecified atom stereocenters. The van der Waals surface area contributed by atoms with Crippen molar-refractivity contribution < 1.29 is 0 Å². The molecule has 1 radical (unpaired) electrons. The fourth-order valence-electron chi connectivity index (χ4n) is 1.33. The van der Waals surface area contributed by atoms with Crippen LogP contribution in [0.25, 0.3) is 0 Å².